The van der Waals surface area contributed by atoms with E-state index < -0.39 is 0 Å². The lowest BCUT2D eigenvalue weighted by molar-refractivity contribution is -0.133. The van der Waals surface area contributed by atoms with Crippen molar-refractivity contribution in [3.8, 4) is 0 Å². The Bertz CT molecular complexity index is 742. The van der Waals surface area contributed by atoms with Crippen LogP contribution in [0.25, 0.3) is 0 Å². The molecule has 3 atom stereocenters. The first-order chi connectivity index (χ1) is 11.3. The molecule has 23 heavy (non-hydrogen) atoms. The number of carbonyl (C=O) groups excluding carboxylic acids is 1. The van der Waals surface area contributed by atoms with E-state index in [4.69, 9.17) is 4.84 Å². The summed E-state index contributed by atoms with van der Waals surface area (Å²) in [7, 11) is 1.86. The summed E-state index contributed by atoms with van der Waals surface area (Å²) in [5.74, 6) is -0.202. The third-order valence-electron chi connectivity index (χ3n) is 4.72. The van der Waals surface area contributed by atoms with Crippen molar-refractivity contribution in [3.63, 3.8) is 0 Å². The van der Waals surface area contributed by atoms with Crippen LogP contribution in [0, 0.1) is 5.92 Å². The van der Waals surface area contributed by atoms with Crippen LogP contribution < -0.4 is 0 Å². The standard InChI is InChI=1S/C19H18N2O2/c1-21-15(12-13-8-4-2-5-9-13)17-16(19(21)22)18(23-20-17)14-10-6-3-7-11-14/h2-11,15-16,18H,12H2,1H3/t15-,16-,18+/m0/s1. The molecule has 116 valence electrons. The highest BCUT2D eigenvalue weighted by atomic mass is 16.6. The number of likely N-dealkylation sites (N-methyl/N-ethyl adjacent to an activating group) is 1. The molecule has 0 radical (unpaired) electrons. The Balaban J connectivity index is 1.62. The number of likely N-dealkylation sites (tertiary alicyclic amines) is 1. The summed E-state index contributed by atoms with van der Waals surface area (Å²) < 4.78 is 0. The predicted octanol–water partition coefficient (Wildman–Crippen LogP) is 2.81. The minimum Gasteiger partial charge on any atom is -0.386 e. The molecule has 1 fully saturated rings. The summed E-state index contributed by atoms with van der Waals surface area (Å²) in [6, 6.07) is 20.0. The first-order valence-corrected chi connectivity index (χ1v) is 7.85. The van der Waals surface area contributed by atoms with Gasteiger partial charge in [-0.2, -0.15) is 0 Å². The van der Waals surface area contributed by atoms with Crippen molar-refractivity contribution in [2.45, 2.75) is 18.6 Å². The normalized spacial score (nSPS) is 26.0. The highest BCUT2D eigenvalue weighted by Crippen LogP contribution is 2.40. The number of benzene rings is 2. The zero-order valence-electron chi connectivity index (χ0n) is 12.9. The highest BCUT2D eigenvalue weighted by molar-refractivity contribution is 6.14. The highest BCUT2D eigenvalue weighted by Gasteiger charge is 2.52. The molecule has 0 N–H and O–H groups in total. The Morgan fingerprint density at radius 2 is 1.70 bits per heavy atom. The van der Waals surface area contributed by atoms with Gasteiger partial charge in [-0.1, -0.05) is 65.8 Å². The van der Waals surface area contributed by atoms with E-state index in [2.05, 4.69) is 17.3 Å². The van der Waals surface area contributed by atoms with Crippen molar-refractivity contribution < 1.29 is 9.63 Å². The van der Waals surface area contributed by atoms with Crippen LogP contribution in [0.5, 0.6) is 0 Å². The molecule has 1 saturated heterocycles. The van der Waals surface area contributed by atoms with Crippen LogP contribution in [0.15, 0.2) is 65.8 Å². The molecule has 4 rings (SSSR count). The van der Waals surface area contributed by atoms with Gasteiger partial charge < -0.3 is 9.74 Å². The van der Waals surface area contributed by atoms with Gasteiger partial charge in [-0.05, 0) is 17.5 Å². The summed E-state index contributed by atoms with van der Waals surface area (Å²) in [5.41, 5.74) is 3.05. The minimum atomic E-state index is -0.304. The fraction of sp³-hybridized carbons (Fsp3) is 0.263. The smallest absolute Gasteiger partial charge is 0.236 e. The van der Waals surface area contributed by atoms with Gasteiger partial charge in [0.05, 0.1) is 11.8 Å². The van der Waals surface area contributed by atoms with E-state index in [1.165, 1.54) is 5.56 Å². The van der Waals surface area contributed by atoms with Crippen LogP contribution in [0.2, 0.25) is 0 Å². The zero-order valence-corrected chi connectivity index (χ0v) is 12.9. The second-order valence-corrected chi connectivity index (χ2v) is 6.09. The van der Waals surface area contributed by atoms with Crippen LogP contribution in [0.1, 0.15) is 17.2 Å². The van der Waals surface area contributed by atoms with Crippen molar-refractivity contribution in [1.82, 2.24) is 4.90 Å². The van der Waals surface area contributed by atoms with E-state index in [0.717, 1.165) is 17.7 Å². The maximum atomic E-state index is 12.7. The predicted molar refractivity (Wildman–Crippen MR) is 87.9 cm³/mol. The molecule has 2 aromatic carbocycles. The second-order valence-electron chi connectivity index (χ2n) is 6.09. The Morgan fingerprint density at radius 3 is 2.39 bits per heavy atom. The molecule has 2 aliphatic heterocycles. The van der Waals surface area contributed by atoms with Gasteiger partial charge >= 0.3 is 0 Å². The number of hydrogen-bond donors (Lipinski definition) is 0. The van der Waals surface area contributed by atoms with Crippen molar-refractivity contribution in [1.29, 1.82) is 0 Å². The maximum absolute atomic E-state index is 12.7. The average molecular weight is 306 g/mol. The number of oxime groups is 1. The summed E-state index contributed by atoms with van der Waals surface area (Å²) in [4.78, 5) is 20.2. The molecule has 0 unspecified atom stereocenters. The lowest BCUT2D eigenvalue weighted by Crippen LogP contribution is -2.34. The molecular formula is C19H18N2O2. The van der Waals surface area contributed by atoms with Gasteiger partial charge in [0.2, 0.25) is 5.91 Å². The van der Waals surface area contributed by atoms with E-state index in [1.807, 2.05) is 60.5 Å². The van der Waals surface area contributed by atoms with E-state index in [0.29, 0.717) is 0 Å². The van der Waals surface area contributed by atoms with Crippen molar-refractivity contribution in [2.24, 2.45) is 11.1 Å². The molecular weight excluding hydrogens is 288 g/mol. The number of carbonyl (C=O) groups is 1. The monoisotopic (exact) mass is 306 g/mol. The van der Waals surface area contributed by atoms with Gasteiger partial charge in [-0.25, -0.2) is 0 Å². The molecule has 0 saturated carbocycles. The number of rotatable bonds is 3. The molecule has 0 bridgehead atoms. The quantitative estimate of drug-likeness (QED) is 0.875. The molecule has 0 spiro atoms. The zero-order chi connectivity index (χ0) is 15.8. The third kappa shape index (κ3) is 2.31. The van der Waals surface area contributed by atoms with Crippen LogP contribution in [0.4, 0.5) is 0 Å². The van der Waals surface area contributed by atoms with E-state index in [-0.39, 0.29) is 24.0 Å². The molecule has 0 aromatic heterocycles. The van der Waals surface area contributed by atoms with Crippen LogP contribution >= 0.6 is 0 Å². The number of nitrogens with zero attached hydrogens (tertiary/aromatic N) is 2. The second kappa shape index (κ2) is 5.54. The van der Waals surface area contributed by atoms with Gasteiger partial charge in [-0.15, -0.1) is 0 Å². The minimum absolute atomic E-state index is 0.0244. The van der Waals surface area contributed by atoms with Gasteiger partial charge in [0.1, 0.15) is 5.92 Å². The third-order valence-corrected chi connectivity index (χ3v) is 4.72. The van der Waals surface area contributed by atoms with E-state index in [1.54, 1.807) is 0 Å². The van der Waals surface area contributed by atoms with Crippen molar-refractivity contribution >= 4 is 11.6 Å². The van der Waals surface area contributed by atoms with E-state index >= 15 is 0 Å². The topological polar surface area (TPSA) is 41.9 Å². The fourth-order valence-corrected chi connectivity index (χ4v) is 3.46. The molecule has 2 aromatic rings. The molecule has 2 aliphatic rings. The number of hydrogen-bond acceptors (Lipinski definition) is 3. The van der Waals surface area contributed by atoms with Gasteiger partial charge in [-0.3, -0.25) is 4.79 Å². The van der Waals surface area contributed by atoms with Crippen LogP contribution in [0.3, 0.4) is 0 Å². The summed E-state index contributed by atoms with van der Waals surface area (Å²) in [5, 5.41) is 4.29. The Labute approximate surface area is 135 Å². The van der Waals surface area contributed by atoms with Gasteiger partial charge in [0, 0.05) is 7.05 Å². The van der Waals surface area contributed by atoms with Crippen molar-refractivity contribution in [2.75, 3.05) is 7.05 Å². The molecule has 2 heterocycles. The Kier molecular flexibility index (Phi) is 3.37. The van der Waals surface area contributed by atoms with Crippen LogP contribution in [-0.4, -0.2) is 29.6 Å². The molecule has 0 aliphatic carbocycles. The Morgan fingerprint density at radius 1 is 1.04 bits per heavy atom. The first kappa shape index (κ1) is 14.0. The first-order valence-electron chi connectivity index (χ1n) is 7.85. The number of fused-ring (bicyclic) bond motifs is 1. The molecule has 4 heteroatoms. The SMILES string of the molecule is CN1C(=O)[C@H]2C(=NO[C@@H]2c2ccccc2)[C@@H]1Cc1ccccc1. The maximum Gasteiger partial charge on any atom is 0.236 e. The van der Waals surface area contributed by atoms with Crippen molar-refractivity contribution in [3.05, 3.63) is 71.8 Å². The average Bonchev–Trinajstić information content (AvgIpc) is 3.13. The lowest BCUT2D eigenvalue weighted by Gasteiger charge is -2.20. The summed E-state index contributed by atoms with van der Waals surface area (Å²) in [6.45, 7) is 0. The molecule has 1 amide bonds. The summed E-state index contributed by atoms with van der Waals surface area (Å²) >= 11 is 0. The van der Waals surface area contributed by atoms with Crippen LogP contribution in [-0.2, 0) is 16.1 Å². The van der Waals surface area contributed by atoms with E-state index in [9.17, 15) is 4.79 Å². The van der Waals surface area contributed by atoms with Gasteiger partial charge in [0.15, 0.2) is 6.10 Å². The lowest BCUT2D eigenvalue weighted by atomic mass is 9.90. The fourth-order valence-electron chi connectivity index (χ4n) is 3.46. The summed E-state index contributed by atoms with van der Waals surface area (Å²) in [6.07, 6.45) is 0.463. The Hall–Kier alpha value is -2.62. The largest absolute Gasteiger partial charge is 0.386 e. The van der Waals surface area contributed by atoms with Gasteiger partial charge in [0.25, 0.3) is 0 Å². The number of amides is 1. The molecule has 4 nitrogen and oxygen atoms in total.